The predicted molar refractivity (Wildman–Crippen MR) is 56.7 cm³/mol. The highest BCUT2D eigenvalue weighted by atomic mass is 15.1. The van der Waals surface area contributed by atoms with Gasteiger partial charge in [0.1, 0.15) is 0 Å². The molecule has 1 unspecified atom stereocenters. The molecule has 1 saturated heterocycles. The molecule has 1 saturated carbocycles. The molecule has 1 heterocycles. The number of nitriles is 2. The van der Waals surface area contributed by atoms with E-state index >= 15 is 0 Å². The number of hydrogen-bond donors (Lipinski definition) is 0. The van der Waals surface area contributed by atoms with Gasteiger partial charge in [0.25, 0.3) is 0 Å². The van der Waals surface area contributed by atoms with Crippen LogP contribution in [0.15, 0.2) is 0 Å². The maximum atomic E-state index is 8.90. The van der Waals surface area contributed by atoms with Crippen molar-refractivity contribution in [3.05, 3.63) is 0 Å². The molecule has 3 nitrogen and oxygen atoms in total. The smallest absolute Gasteiger partial charge is 0.0669 e. The molecule has 2 aliphatic rings. The van der Waals surface area contributed by atoms with Crippen molar-refractivity contribution in [2.45, 2.75) is 32.1 Å². The van der Waals surface area contributed by atoms with Crippen molar-refractivity contribution in [2.24, 2.45) is 11.3 Å². The lowest BCUT2D eigenvalue weighted by atomic mass is 9.96. The molecule has 0 aromatic rings. The standard InChI is InChI=1S/C12H17N3/c13-6-5-12(3-4-12)10-15-7-1-2-11(8-14)9-15/h11H,1-5,7,9-10H2. The molecule has 15 heavy (non-hydrogen) atoms. The fourth-order valence-electron chi connectivity index (χ4n) is 2.51. The fourth-order valence-corrected chi connectivity index (χ4v) is 2.51. The van der Waals surface area contributed by atoms with Crippen LogP contribution in [-0.4, -0.2) is 24.5 Å². The van der Waals surface area contributed by atoms with Crippen LogP contribution >= 0.6 is 0 Å². The van der Waals surface area contributed by atoms with E-state index in [1.54, 1.807) is 0 Å². The van der Waals surface area contributed by atoms with Crippen molar-refractivity contribution in [1.82, 2.24) is 4.90 Å². The topological polar surface area (TPSA) is 50.8 Å². The van der Waals surface area contributed by atoms with Crippen LogP contribution in [0.5, 0.6) is 0 Å². The van der Waals surface area contributed by atoms with Gasteiger partial charge in [-0.15, -0.1) is 0 Å². The molecule has 0 aromatic heterocycles. The Morgan fingerprint density at radius 1 is 1.33 bits per heavy atom. The highest BCUT2D eigenvalue weighted by Crippen LogP contribution is 2.49. The molecule has 0 spiro atoms. The Balaban J connectivity index is 1.85. The van der Waals surface area contributed by atoms with Gasteiger partial charge in [-0.05, 0) is 37.6 Å². The molecule has 1 aliphatic heterocycles. The Morgan fingerprint density at radius 2 is 2.13 bits per heavy atom. The van der Waals surface area contributed by atoms with Crippen LogP contribution in [-0.2, 0) is 0 Å². The van der Waals surface area contributed by atoms with E-state index in [1.165, 1.54) is 12.8 Å². The molecule has 3 heteroatoms. The summed E-state index contributed by atoms with van der Waals surface area (Å²) >= 11 is 0. The minimum Gasteiger partial charge on any atom is -0.301 e. The molecule has 0 amide bonds. The first kappa shape index (κ1) is 10.5. The second-order valence-electron chi connectivity index (χ2n) is 5.04. The third-order valence-electron chi connectivity index (χ3n) is 3.66. The summed E-state index contributed by atoms with van der Waals surface area (Å²) in [6.07, 6.45) is 5.29. The second kappa shape index (κ2) is 4.21. The summed E-state index contributed by atoms with van der Waals surface area (Å²) in [7, 11) is 0. The van der Waals surface area contributed by atoms with Crippen molar-refractivity contribution >= 4 is 0 Å². The molecule has 0 N–H and O–H groups in total. The van der Waals surface area contributed by atoms with Crippen LogP contribution in [0.3, 0.4) is 0 Å². The Hall–Kier alpha value is -1.06. The van der Waals surface area contributed by atoms with E-state index in [1.807, 2.05) is 0 Å². The summed E-state index contributed by atoms with van der Waals surface area (Å²) in [4.78, 5) is 2.39. The summed E-state index contributed by atoms with van der Waals surface area (Å²) in [5.74, 6) is 0.219. The fraction of sp³-hybridized carbons (Fsp3) is 0.833. The largest absolute Gasteiger partial charge is 0.301 e. The molecular formula is C12H17N3. The summed E-state index contributed by atoms with van der Waals surface area (Å²) in [5.41, 5.74) is 0.298. The van der Waals surface area contributed by atoms with E-state index in [2.05, 4.69) is 17.0 Å². The minimum atomic E-state index is 0.219. The van der Waals surface area contributed by atoms with Gasteiger partial charge in [0.05, 0.1) is 18.1 Å². The SMILES string of the molecule is N#CCC1(CN2CCCC(C#N)C2)CC1. The zero-order chi connectivity index (χ0) is 10.7. The normalized spacial score (nSPS) is 29.1. The van der Waals surface area contributed by atoms with E-state index < -0.39 is 0 Å². The van der Waals surface area contributed by atoms with Crippen molar-refractivity contribution in [3.63, 3.8) is 0 Å². The molecule has 0 aromatic carbocycles. The van der Waals surface area contributed by atoms with Crippen LogP contribution in [0.1, 0.15) is 32.1 Å². The molecule has 0 bridgehead atoms. The highest BCUT2D eigenvalue weighted by Gasteiger charge is 2.44. The van der Waals surface area contributed by atoms with Gasteiger partial charge >= 0.3 is 0 Å². The summed E-state index contributed by atoms with van der Waals surface area (Å²) < 4.78 is 0. The summed E-state index contributed by atoms with van der Waals surface area (Å²) in [5, 5.41) is 17.6. The number of nitrogens with zero attached hydrogens (tertiary/aromatic N) is 3. The van der Waals surface area contributed by atoms with E-state index in [9.17, 15) is 0 Å². The first-order valence-corrected chi connectivity index (χ1v) is 5.77. The van der Waals surface area contributed by atoms with Crippen molar-refractivity contribution < 1.29 is 0 Å². The van der Waals surface area contributed by atoms with Crippen LogP contribution in [0.25, 0.3) is 0 Å². The predicted octanol–water partition coefficient (Wildman–Crippen LogP) is 1.92. The van der Waals surface area contributed by atoms with Crippen molar-refractivity contribution in [1.29, 1.82) is 10.5 Å². The van der Waals surface area contributed by atoms with Gasteiger partial charge in [-0.25, -0.2) is 0 Å². The zero-order valence-corrected chi connectivity index (χ0v) is 9.08. The Kier molecular flexibility index (Phi) is 2.93. The Morgan fingerprint density at radius 3 is 2.73 bits per heavy atom. The average molecular weight is 203 g/mol. The number of rotatable bonds is 3. The van der Waals surface area contributed by atoms with Gasteiger partial charge in [-0.2, -0.15) is 10.5 Å². The van der Waals surface area contributed by atoms with Gasteiger partial charge in [0, 0.05) is 19.5 Å². The monoisotopic (exact) mass is 203 g/mol. The molecule has 1 aliphatic carbocycles. The third-order valence-corrected chi connectivity index (χ3v) is 3.66. The zero-order valence-electron chi connectivity index (χ0n) is 9.08. The molecule has 0 radical (unpaired) electrons. The Bertz CT molecular complexity index is 306. The lowest BCUT2D eigenvalue weighted by Gasteiger charge is -2.32. The second-order valence-corrected chi connectivity index (χ2v) is 5.04. The van der Waals surface area contributed by atoms with Gasteiger partial charge < -0.3 is 4.90 Å². The van der Waals surface area contributed by atoms with Crippen LogP contribution in [0, 0.1) is 34.0 Å². The highest BCUT2D eigenvalue weighted by molar-refractivity contribution is 5.02. The number of likely N-dealkylation sites (tertiary alicyclic amines) is 1. The van der Waals surface area contributed by atoms with Gasteiger partial charge in [0.15, 0.2) is 0 Å². The first-order chi connectivity index (χ1) is 7.28. The molecular weight excluding hydrogens is 186 g/mol. The van der Waals surface area contributed by atoms with E-state index in [-0.39, 0.29) is 5.92 Å². The molecule has 2 rings (SSSR count). The Labute approximate surface area is 91.3 Å². The first-order valence-electron chi connectivity index (χ1n) is 5.77. The van der Waals surface area contributed by atoms with Crippen LogP contribution < -0.4 is 0 Å². The van der Waals surface area contributed by atoms with Crippen molar-refractivity contribution in [3.8, 4) is 12.1 Å². The van der Waals surface area contributed by atoms with E-state index in [4.69, 9.17) is 10.5 Å². The minimum absolute atomic E-state index is 0.219. The van der Waals surface area contributed by atoms with Crippen LogP contribution in [0.4, 0.5) is 0 Å². The van der Waals surface area contributed by atoms with E-state index in [0.29, 0.717) is 11.8 Å². The third kappa shape index (κ3) is 2.49. The molecule has 1 atom stereocenters. The number of piperidine rings is 1. The quantitative estimate of drug-likeness (QED) is 0.704. The maximum absolute atomic E-state index is 8.90. The summed E-state index contributed by atoms with van der Waals surface area (Å²) in [6.45, 7) is 3.08. The summed E-state index contributed by atoms with van der Waals surface area (Å²) in [6, 6.07) is 4.66. The van der Waals surface area contributed by atoms with Gasteiger partial charge in [0.2, 0.25) is 0 Å². The van der Waals surface area contributed by atoms with Crippen LogP contribution in [0.2, 0.25) is 0 Å². The van der Waals surface area contributed by atoms with Gasteiger partial charge in [-0.1, -0.05) is 0 Å². The lowest BCUT2D eigenvalue weighted by molar-refractivity contribution is 0.165. The lowest BCUT2D eigenvalue weighted by Crippen LogP contribution is -2.38. The molecule has 2 fully saturated rings. The number of hydrogen-bond acceptors (Lipinski definition) is 3. The van der Waals surface area contributed by atoms with Gasteiger partial charge in [-0.3, -0.25) is 0 Å². The average Bonchev–Trinajstić information content (AvgIpc) is 2.99. The van der Waals surface area contributed by atoms with E-state index in [0.717, 1.165) is 32.5 Å². The molecule has 80 valence electrons. The van der Waals surface area contributed by atoms with Crippen molar-refractivity contribution in [2.75, 3.05) is 19.6 Å². The maximum Gasteiger partial charge on any atom is 0.0669 e.